The second kappa shape index (κ2) is 5.43. The molecule has 1 saturated carbocycles. The van der Waals surface area contributed by atoms with Crippen molar-refractivity contribution in [3.63, 3.8) is 0 Å². The molecule has 4 nitrogen and oxygen atoms in total. The van der Waals surface area contributed by atoms with Gasteiger partial charge in [0.25, 0.3) is 0 Å². The fourth-order valence-electron chi connectivity index (χ4n) is 2.64. The van der Waals surface area contributed by atoms with Crippen LogP contribution in [0.25, 0.3) is 0 Å². The van der Waals surface area contributed by atoms with Gasteiger partial charge in [0.1, 0.15) is 16.9 Å². The van der Waals surface area contributed by atoms with Crippen LogP contribution in [0.15, 0.2) is 24.3 Å². The van der Waals surface area contributed by atoms with Crippen molar-refractivity contribution in [3.8, 4) is 5.75 Å². The summed E-state index contributed by atoms with van der Waals surface area (Å²) in [7, 11) is 1.59. The predicted molar refractivity (Wildman–Crippen MR) is 73.2 cm³/mol. The molecule has 0 bridgehead atoms. The van der Waals surface area contributed by atoms with E-state index in [2.05, 4.69) is 5.32 Å². The van der Waals surface area contributed by atoms with Crippen molar-refractivity contribution in [2.75, 3.05) is 12.4 Å². The third-order valence-corrected chi connectivity index (χ3v) is 3.91. The lowest BCUT2D eigenvalue weighted by molar-refractivity contribution is -0.137. The predicted octanol–water partition coefficient (Wildman–Crippen LogP) is 2.78. The molecule has 0 unspecified atom stereocenters. The van der Waals surface area contributed by atoms with Crippen LogP contribution in [0.5, 0.6) is 5.75 Å². The lowest BCUT2D eigenvalue weighted by Crippen LogP contribution is -2.39. The Balaban J connectivity index is 2.12. The van der Waals surface area contributed by atoms with Gasteiger partial charge >= 0.3 is 0 Å². The SMILES string of the molecule is COc1ccc(NC(=O)C2(C(C)=O)CCCC2)cc1. The second-order valence-corrected chi connectivity index (χ2v) is 5.03. The Morgan fingerprint density at radius 2 is 1.74 bits per heavy atom. The minimum absolute atomic E-state index is 0.0315. The van der Waals surface area contributed by atoms with E-state index in [0.717, 1.165) is 18.6 Å². The van der Waals surface area contributed by atoms with E-state index >= 15 is 0 Å². The van der Waals surface area contributed by atoms with E-state index in [4.69, 9.17) is 4.74 Å². The van der Waals surface area contributed by atoms with Crippen LogP contribution in [0.3, 0.4) is 0 Å². The van der Waals surface area contributed by atoms with Gasteiger partial charge < -0.3 is 10.1 Å². The van der Waals surface area contributed by atoms with Crippen molar-refractivity contribution in [1.29, 1.82) is 0 Å². The van der Waals surface area contributed by atoms with E-state index in [1.807, 2.05) is 0 Å². The van der Waals surface area contributed by atoms with Crippen LogP contribution >= 0.6 is 0 Å². The van der Waals surface area contributed by atoms with Crippen LogP contribution < -0.4 is 10.1 Å². The third kappa shape index (κ3) is 2.62. The zero-order valence-corrected chi connectivity index (χ0v) is 11.4. The summed E-state index contributed by atoms with van der Waals surface area (Å²) >= 11 is 0. The molecular formula is C15H19NO3. The zero-order chi connectivity index (χ0) is 13.9. The molecule has 0 spiro atoms. The largest absolute Gasteiger partial charge is 0.497 e. The highest BCUT2D eigenvalue weighted by Crippen LogP contribution is 2.40. The Morgan fingerprint density at radius 1 is 1.16 bits per heavy atom. The Labute approximate surface area is 113 Å². The molecule has 1 aliphatic carbocycles. The van der Waals surface area contributed by atoms with Gasteiger partial charge in [-0.3, -0.25) is 9.59 Å². The Hall–Kier alpha value is -1.84. The summed E-state index contributed by atoms with van der Waals surface area (Å²) in [6.07, 6.45) is 3.19. The van der Waals surface area contributed by atoms with Crippen molar-refractivity contribution in [2.24, 2.45) is 5.41 Å². The quantitative estimate of drug-likeness (QED) is 0.848. The first kappa shape index (κ1) is 13.6. The maximum Gasteiger partial charge on any atom is 0.238 e. The lowest BCUT2D eigenvalue weighted by Gasteiger charge is -2.24. The highest BCUT2D eigenvalue weighted by atomic mass is 16.5. The molecule has 1 fully saturated rings. The number of carbonyl (C=O) groups is 2. The Kier molecular flexibility index (Phi) is 3.88. The molecule has 2 rings (SSSR count). The van der Waals surface area contributed by atoms with Crippen LogP contribution in [0, 0.1) is 5.41 Å². The van der Waals surface area contributed by atoms with Crippen LogP contribution in [0.2, 0.25) is 0 Å². The number of benzene rings is 1. The van der Waals surface area contributed by atoms with Crippen LogP contribution in [-0.2, 0) is 9.59 Å². The molecule has 0 atom stereocenters. The molecule has 0 radical (unpaired) electrons. The number of hydrogen-bond acceptors (Lipinski definition) is 3. The lowest BCUT2D eigenvalue weighted by atomic mass is 9.81. The molecule has 19 heavy (non-hydrogen) atoms. The Morgan fingerprint density at radius 3 is 2.21 bits per heavy atom. The minimum atomic E-state index is -0.820. The van der Waals surface area contributed by atoms with Gasteiger partial charge in [-0.2, -0.15) is 0 Å². The van der Waals surface area contributed by atoms with Gasteiger partial charge in [-0.05, 0) is 44.0 Å². The maximum absolute atomic E-state index is 12.4. The first-order chi connectivity index (χ1) is 9.08. The number of ether oxygens (including phenoxy) is 1. The normalized spacial score (nSPS) is 16.9. The molecule has 1 amide bonds. The van der Waals surface area contributed by atoms with Gasteiger partial charge in [0, 0.05) is 5.69 Å². The van der Waals surface area contributed by atoms with E-state index in [1.165, 1.54) is 6.92 Å². The number of rotatable bonds is 4. The van der Waals surface area contributed by atoms with Gasteiger partial charge in [0.05, 0.1) is 7.11 Å². The number of nitrogens with one attached hydrogen (secondary N) is 1. The van der Waals surface area contributed by atoms with E-state index in [-0.39, 0.29) is 11.7 Å². The number of methoxy groups -OCH3 is 1. The summed E-state index contributed by atoms with van der Waals surface area (Å²) in [5.41, 5.74) is -0.127. The topological polar surface area (TPSA) is 55.4 Å². The van der Waals surface area contributed by atoms with Crippen molar-refractivity contribution >= 4 is 17.4 Å². The van der Waals surface area contributed by atoms with Crippen molar-refractivity contribution in [2.45, 2.75) is 32.6 Å². The van der Waals surface area contributed by atoms with E-state index in [1.54, 1.807) is 31.4 Å². The number of anilines is 1. The van der Waals surface area contributed by atoms with Crippen LogP contribution in [-0.4, -0.2) is 18.8 Å². The first-order valence-electron chi connectivity index (χ1n) is 6.55. The third-order valence-electron chi connectivity index (χ3n) is 3.91. The summed E-state index contributed by atoms with van der Waals surface area (Å²) in [6.45, 7) is 1.51. The summed E-state index contributed by atoms with van der Waals surface area (Å²) in [5, 5.41) is 2.84. The van der Waals surface area contributed by atoms with Gasteiger partial charge in [0.15, 0.2) is 0 Å². The summed E-state index contributed by atoms with van der Waals surface area (Å²) in [4.78, 5) is 24.2. The second-order valence-electron chi connectivity index (χ2n) is 5.03. The molecule has 1 aromatic carbocycles. The van der Waals surface area contributed by atoms with Gasteiger partial charge in [-0.15, -0.1) is 0 Å². The van der Waals surface area contributed by atoms with Crippen molar-refractivity contribution < 1.29 is 14.3 Å². The monoisotopic (exact) mass is 261 g/mol. The molecular weight excluding hydrogens is 242 g/mol. The van der Waals surface area contributed by atoms with Crippen LogP contribution in [0.4, 0.5) is 5.69 Å². The standard InChI is InChI=1S/C15H19NO3/c1-11(17)15(9-3-4-10-15)14(18)16-12-5-7-13(19-2)8-6-12/h5-8H,3-4,9-10H2,1-2H3,(H,16,18). The number of ketones is 1. The summed E-state index contributed by atoms with van der Waals surface area (Å²) < 4.78 is 5.07. The molecule has 0 heterocycles. The zero-order valence-electron chi connectivity index (χ0n) is 11.4. The minimum Gasteiger partial charge on any atom is -0.497 e. The summed E-state index contributed by atoms with van der Waals surface area (Å²) in [6, 6.07) is 7.12. The van der Waals surface area contributed by atoms with E-state index in [0.29, 0.717) is 18.5 Å². The molecule has 1 N–H and O–H groups in total. The highest BCUT2D eigenvalue weighted by molar-refractivity contribution is 6.10. The average Bonchev–Trinajstić information content (AvgIpc) is 2.90. The highest BCUT2D eigenvalue weighted by Gasteiger charge is 2.45. The van der Waals surface area contributed by atoms with E-state index < -0.39 is 5.41 Å². The Bertz CT molecular complexity index is 473. The van der Waals surface area contributed by atoms with E-state index in [9.17, 15) is 9.59 Å². The number of amides is 1. The van der Waals surface area contributed by atoms with Crippen molar-refractivity contribution in [1.82, 2.24) is 0 Å². The van der Waals surface area contributed by atoms with Gasteiger partial charge in [-0.25, -0.2) is 0 Å². The number of carbonyl (C=O) groups excluding carboxylic acids is 2. The van der Waals surface area contributed by atoms with Crippen molar-refractivity contribution in [3.05, 3.63) is 24.3 Å². The molecule has 1 aromatic rings. The first-order valence-corrected chi connectivity index (χ1v) is 6.55. The summed E-state index contributed by atoms with van der Waals surface area (Å²) in [5.74, 6) is 0.527. The van der Waals surface area contributed by atoms with Gasteiger partial charge in [0.2, 0.25) is 5.91 Å². The van der Waals surface area contributed by atoms with Crippen LogP contribution in [0.1, 0.15) is 32.6 Å². The molecule has 0 aliphatic heterocycles. The average molecular weight is 261 g/mol. The molecule has 0 saturated heterocycles. The molecule has 4 heteroatoms. The molecule has 1 aliphatic rings. The van der Waals surface area contributed by atoms with Gasteiger partial charge in [-0.1, -0.05) is 12.8 Å². The maximum atomic E-state index is 12.4. The molecule has 0 aromatic heterocycles. The smallest absolute Gasteiger partial charge is 0.238 e. The number of Topliss-reactive ketones (excluding diaryl/α,β-unsaturated/α-hetero) is 1. The fraction of sp³-hybridized carbons (Fsp3) is 0.467. The molecule has 102 valence electrons. The number of hydrogen-bond donors (Lipinski definition) is 1. The fourth-order valence-corrected chi connectivity index (χ4v) is 2.64.